The summed E-state index contributed by atoms with van der Waals surface area (Å²) in [7, 11) is -1.83. The molecule has 9 aromatic rings. The van der Waals surface area contributed by atoms with Crippen LogP contribution in [0.5, 0.6) is 11.5 Å². The van der Waals surface area contributed by atoms with E-state index in [9.17, 15) is 4.79 Å². The van der Waals surface area contributed by atoms with Crippen LogP contribution in [0.15, 0.2) is 237 Å². The molecule has 0 N–H and O–H groups in total. The SMILES string of the molecule is CCCCCCCCCCCCOc1ccc(C=Cc2ccc(C=Cc3ccc(CCCCCCCC)cc3)cc2)cc1.CCCCCCCCCCCCOc1ccc(C=Cc2ccc(C=O)cc2)cc1.CCCCCCCCc1ccc(C[P+](c2ccccc2)(c2ccccc2)c2ccccc2)cc1.CC[O-].[Br-].[Na+]. The molecule has 0 heterocycles. The molecule has 0 aliphatic carbocycles. The van der Waals surface area contributed by atoms with Crippen LogP contribution in [0.1, 0.15) is 301 Å². The Bertz CT molecular complexity index is 3650. The van der Waals surface area contributed by atoms with Crippen molar-refractivity contribution in [3.63, 3.8) is 0 Å². The van der Waals surface area contributed by atoms with E-state index >= 15 is 0 Å². The van der Waals surface area contributed by atoms with Crippen LogP contribution in [-0.4, -0.2) is 26.1 Å². The number of rotatable bonds is 50. The minimum Gasteiger partial charge on any atom is -1.00 e. The van der Waals surface area contributed by atoms with E-state index in [1.165, 1.54) is 260 Å². The van der Waals surface area contributed by atoms with E-state index < -0.39 is 7.26 Å². The van der Waals surface area contributed by atoms with Crippen molar-refractivity contribution >= 4 is 65.9 Å². The molecule has 0 saturated heterocycles. The van der Waals surface area contributed by atoms with Gasteiger partial charge in [0.05, 0.1) is 19.4 Å². The molecule has 0 aromatic heterocycles. The van der Waals surface area contributed by atoms with Gasteiger partial charge >= 0.3 is 29.6 Å². The predicted octanol–water partition coefficient (Wildman–Crippen LogP) is 22.7. The average Bonchev–Trinajstić information content (AvgIpc) is 0.752. The first-order chi connectivity index (χ1) is 53.8. The number of aldehydes is 1. The molecule has 0 amide bonds. The van der Waals surface area contributed by atoms with Gasteiger partial charge in [-0.1, -0.05) is 427 Å². The first-order valence-electron chi connectivity index (χ1n) is 42.8. The van der Waals surface area contributed by atoms with E-state index in [4.69, 9.17) is 14.6 Å². The Labute approximate surface area is 708 Å². The normalized spacial score (nSPS) is 11.0. The van der Waals surface area contributed by atoms with Gasteiger partial charge in [-0.2, -0.15) is 0 Å². The number of hydrogen-bond acceptors (Lipinski definition) is 4. The molecule has 4 nitrogen and oxygen atoms in total. The summed E-state index contributed by atoms with van der Waals surface area (Å²) >= 11 is 0. The summed E-state index contributed by atoms with van der Waals surface area (Å²) in [5, 5.41) is 13.3. The van der Waals surface area contributed by atoms with E-state index in [0.29, 0.717) is 5.56 Å². The number of unbranched alkanes of at least 4 members (excludes halogenated alkanes) is 28. The Hall–Kier alpha value is -6.66. The van der Waals surface area contributed by atoms with Crippen molar-refractivity contribution in [3.8, 4) is 11.5 Å². The van der Waals surface area contributed by atoms with Gasteiger partial charge in [-0.05, 0) is 149 Å². The van der Waals surface area contributed by atoms with Crippen LogP contribution in [0, 0.1) is 0 Å². The first kappa shape index (κ1) is 96.7. The van der Waals surface area contributed by atoms with Crippen molar-refractivity contribution in [1.29, 1.82) is 0 Å². The number of aryl methyl sites for hydroxylation is 2. The summed E-state index contributed by atoms with van der Waals surface area (Å²) in [5.74, 6) is 1.91. The number of ether oxygens (including phenoxy) is 2. The quantitative estimate of drug-likeness (QED) is 0.0125. The van der Waals surface area contributed by atoms with Gasteiger partial charge in [0.2, 0.25) is 0 Å². The second kappa shape index (κ2) is 63.7. The van der Waals surface area contributed by atoms with Crippen LogP contribution in [0.2, 0.25) is 0 Å². The molecule has 0 bridgehead atoms. The van der Waals surface area contributed by atoms with Gasteiger partial charge in [0.25, 0.3) is 0 Å². The van der Waals surface area contributed by atoms with Crippen LogP contribution in [0.3, 0.4) is 0 Å². The molecule has 590 valence electrons. The first-order valence-corrected chi connectivity index (χ1v) is 44.7. The predicted molar refractivity (Wildman–Crippen MR) is 479 cm³/mol. The molecule has 0 aliphatic rings. The second-order valence-corrected chi connectivity index (χ2v) is 33.0. The van der Waals surface area contributed by atoms with Crippen LogP contribution < -0.4 is 77.0 Å². The van der Waals surface area contributed by atoms with Crippen LogP contribution in [0.4, 0.5) is 0 Å². The van der Waals surface area contributed by atoms with E-state index in [1.54, 1.807) is 6.92 Å². The number of carbonyl (C=O) groups excluding carboxylic acids is 1. The van der Waals surface area contributed by atoms with Crippen molar-refractivity contribution in [2.24, 2.45) is 0 Å². The fraction of sp³-hybridized carbons (Fsp3) is 0.413. The molecular formula is C104H137BrNaO4P. The molecule has 0 unspecified atom stereocenters. The third-order valence-corrected chi connectivity index (χ3v) is 24.7. The minimum absolute atomic E-state index is 0. The number of halogens is 1. The Balaban J connectivity index is 0.000000348. The monoisotopic (exact) mass is 1580 g/mol. The summed E-state index contributed by atoms with van der Waals surface area (Å²) < 4.78 is 11.8. The molecule has 9 rings (SSSR count). The summed E-state index contributed by atoms with van der Waals surface area (Å²) in [6.45, 7) is 12.3. The van der Waals surface area contributed by atoms with E-state index in [-0.39, 0.29) is 53.1 Å². The molecule has 7 heteroatoms. The number of benzene rings is 9. The van der Waals surface area contributed by atoms with Gasteiger partial charge < -0.3 is 31.6 Å². The maximum atomic E-state index is 10.7. The fourth-order valence-corrected chi connectivity index (χ4v) is 18.0. The van der Waals surface area contributed by atoms with Gasteiger partial charge in [0.15, 0.2) is 0 Å². The van der Waals surface area contributed by atoms with E-state index in [1.807, 2.05) is 42.5 Å². The Morgan fingerprint density at radius 3 is 0.757 bits per heavy atom. The number of hydrogen-bond donors (Lipinski definition) is 0. The second-order valence-electron chi connectivity index (χ2n) is 29.5. The average molecular weight is 1590 g/mol. The maximum Gasteiger partial charge on any atom is 1.00 e. The van der Waals surface area contributed by atoms with Gasteiger partial charge in [-0.25, -0.2) is 0 Å². The summed E-state index contributed by atoms with van der Waals surface area (Å²) in [4.78, 5) is 10.7. The van der Waals surface area contributed by atoms with E-state index in [0.717, 1.165) is 61.1 Å². The van der Waals surface area contributed by atoms with Crippen molar-refractivity contribution in [2.45, 2.75) is 259 Å². The van der Waals surface area contributed by atoms with Crippen molar-refractivity contribution < 1.29 is 65.9 Å². The fourth-order valence-electron chi connectivity index (χ4n) is 13.8. The van der Waals surface area contributed by atoms with Crippen molar-refractivity contribution in [3.05, 3.63) is 292 Å². The van der Waals surface area contributed by atoms with Crippen LogP contribution in [-0.2, 0) is 19.0 Å². The van der Waals surface area contributed by atoms with E-state index in [2.05, 4.69) is 258 Å². The molecule has 9 aromatic carbocycles. The van der Waals surface area contributed by atoms with Gasteiger partial charge in [0, 0.05) is 5.56 Å². The van der Waals surface area contributed by atoms with Crippen LogP contribution in [0.25, 0.3) is 36.5 Å². The summed E-state index contributed by atoms with van der Waals surface area (Å²) in [6.07, 6.45) is 60.4. The van der Waals surface area contributed by atoms with Gasteiger partial charge in [0.1, 0.15) is 41.0 Å². The molecular weight excluding hydrogens is 1450 g/mol. The zero-order valence-electron chi connectivity index (χ0n) is 69.4. The molecule has 0 spiro atoms. The Kier molecular flexibility index (Phi) is 55.5. The van der Waals surface area contributed by atoms with Gasteiger partial charge in [-0.15, -0.1) is 6.61 Å². The van der Waals surface area contributed by atoms with Crippen molar-refractivity contribution in [2.75, 3.05) is 19.8 Å². The summed E-state index contributed by atoms with van der Waals surface area (Å²) in [5.41, 5.74) is 12.1. The smallest absolute Gasteiger partial charge is 1.00 e. The van der Waals surface area contributed by atoms with Crippen LogP contribution >= 0.6 is 7.26 Å². The third-order valence-electron chi connectivity index (χ3n) is 20.4. The standard InChI is InChI=1S/C42H58O.C33H38P.C27H36O2.C2H5O.BrH.Na/c1-3-5-7-9-11-12-13-14-16-18-36-43-42-34-32-41(33-35-42)31-30-40-28-26-39(27-29-40)25-24-38-22-20-37(21-23-38)19-17-15-10-8-6-4-2;1-2-3-4-5-6-10-17-29-24-26-30(27-25-29)28-34(31-18-11-7-12-19-31,32-20-13-8-14-21-32)33-22-15-9-16-23-33;1-2-3-4-5-6-7-8-9-10-11-22-29-27-20-18-25(19-21-27)13-12-24-14-16-26(23-28)17-15-24;1-2-3;;/h20-35H,3-19,36H2,1-2H3;7-9,11-16,18-27H,2-6,10,17,28H2,1H3;12-21,23H,2-11,22H2,1H3;2H2,1H3;1H;/q;+1;;-1;;+1/p-1. The topological polar surface area (TPSA) is 58.6 Å². The third kappa shape index (κ3) is 41.8. The molecule has 0 atom stereocenters. The Morgan fingerprint density at radius 1 is 0.270 bits per heavy atom. The molecule has 0 saturated carbocycles. The minimum atomic E-state index is -1.83. The molecule has 0 aliphatic heterocycles. The largest absolute Gasteiger partial charge is 1.00 e. The molecule has 0 radical (unpaired) electrons. The molecule has 111 heavy (non-hydrogen) atoms. The maximum absolute atomic E-state index is 10.7. The summed E-state index contributed by atoms with van der Waals surface area (Å²) in [6, 6.07) is 85.1. The zero-order valence-corrected chi connectivity index (χ0v) is 73.9. The van der Waals surface area contributed by atoms with Gasteiger partial charge in [-0.3, -0.25) is 4.79 Å². The Morgan fingerprint density at radius 2 is 0.486 bits per heavy atom. The van der Waals surface area contributed by atoms with Crippen molar-refractivity contribution in [1.82, 2.24) is 0 Å². The molecule has 0 fully saturated rings. The number of carbonyl (C=O) groups is 1. The zero-order chi connectivity index (χ0) is 77.0.